The van der Waals surface area contributed by atoms with Gasteiger partial charge < -0.3 is 15.0 Å². The molecule has 0 unspecified atom stereocenters. The zero-order valence-corrected chi connectivity index (χ0v) is 15.5. The van der Waals surface area contributed by atoms with Crippen LogP contribution in [0.5, 0.6) is 0 Å². The molecule has 1 aromatic rings. The topological polar surface area (TPSA) is 58.6 Å². The van der Waals surface area contributed by atoms with E-state index in [-0.39, 0.29) is 28.9 Å². The smallest absolute Gasteiger partial charge is 0.253 e. The fourth-order valence-electron chi connectivity index (χ4n) is 2.62. The number of benzene rings is 1. The van der Waals surface area contributed by atoms with Crippen LogP contribution in [0.25, 0.3) is 0 Å². The summed E-state index contributed by atoms with van der Waals surface area (Å²) in [4.78, 5) is 27.0. The summed E-state index contributed by atoms with van der Waals surface area (Å²) in [6, 6.07) is 4.04. The van der Waals surface area contributed by atoms with E-state index in [1.165, 1.54) is 6.07 Å². The summed E-state index contributed by atoms with van der Waals surface area (Å²) in [5.41, 5.74) is 0.301. The molecule has 132 valence electrons. The molecule has 0 radical (unpaired) electrons. The maximum atomic E-state index is 12.8. The molecule has 1 fully saturated rings. The first-order chi connectivity index (χ1) is 11.3. The summed E-state index contributed by atoms with van der Waals surface area (Å²) in [6.07, 6.45) is -0.00285. The Morgan fingerprint density at radius 2 is 2.04 bits per heavy atom. The lowest BCUT2D eigenvalue weighted by atomic mass is 10.0. The zero-order chi connectivity index (χ0) is 17.9. The van der Waals surface area contributed by atoms with Crippen LogP contribution in [0.1, 0.15) is 31.1 Å². The number of carbonyl (C=O) groups excluding carboxylic acids is 2. The summed E-state index contributed by atoms with van der Waals surface area (Å²) in [5.74, 6) is -0.533. The molecule has 1 saturated heterocycles. The predicted octanol–water partition coefficient (Wildman–Crippen LogP) is 3.00. The van der Waals surface area contributed by atoms with E-state index < -0.39 is 6.04 Å². The molecule has 0 spiro atoms. The molecule has 1 aliphatic rings. The monoisotopic (exact) mass is 372 g/mol. The number of nitrogens with one attached hydrogen (secondary N) is 1. The van der Waals surface area contributed by atoms with Crippen molar-refractivity contribution in [2.45, 2.75) is 32.9 Å². The van der Waals surface area contributed by atoms with Gasteiger partial charge in [-0.3, -0.25) is 9.59 Å². The number of carbonyl (C=O) groups is 2. The molecule has 5 nitrogen and oxygen atoms in total. The van der Waals surface area contributed by atoms with Crippen molar-refractivity contribution in [3.05, 3.63) is 33.8 Å². The molecular formula is C17H22Cl2N2O3. The Morgan fingerprint density at radius 1 is 1.33 bits per heavy atom. The Balaban J connectivity index is 2.12. The van der Waals surface area contributed by atoms with Gasteiger partial charge in [-0.25, -0.2) is 0 Å². The van der Waals surface area contributed by atoms with Crippen molar-refractivity contribution < 1.29 is 14.3 Å². The van der Waals surface area contributed by atoms with Crippen LogP contribution in [0, 0.1) is 5.92 Å². The minimum absolute atomic E-state index is 0.00285. The maximum Gasteiger partial charge on any atom is 0.253 e. The van der Waals surface area contributed by atoms with Gasteiger partial charge in [-0.1, -0.05) is 37.0 Å². The largest absolute Gasteiger partial charge is 0.375 e. The lowest BCUT2D eigenvalue weighted by Gasteiger charge is -2.35. The minimum Gasteiger partial charge on any atom is -0.375 e. The molecule has 1 aromatic carbocycles. The van der Waals surface area contributed by atoms with Gasteiger partial charge in [0, 0.05) is 18.1 Å². The van der Waals surface area contributed by atoms with Crippen molar-refractivity contribution in [1.82, 2.24) is 10.2 Å². The molecule has 2 rings (SSSR count). The summed E-state index contributed by atoms with van der Waals surface area (Å²) < 4.78 is 5.46. The molecule has 2 atom stereocenters. The average molecular weight is 373 g/mol. The number of halogens is 2. The molecule has 0 aromatic heterocycles. The fourth-order valence-corrected chi connectivity index (χ4v) is 3.12. The maximum absolute atomic E-state index is 12.8. The first-order valence-electron chi connectivity index (χ1n) is 7.96. The molecule has 2 amide bonds. The number of nitrogens with zero attached hydrogens (tertiary/aromatic N) is 1. The third-order valence-corrected chi connectivity index (χ3v) is 4.50. The first-order valence-corrected chi connectivity index (χ1v) is 8.71. The van der Waals surface area contributed by atoms with Crippen LogP contribution in [0.15, 0.2) is 18.2 Å². The molecule has 1 aliphatic heterocycles. The molecule has 1 N–H and O–H groups in total. The number of morpholine rings is 1. The SMILES string of the molecule is CC(C)[C@H](NC(=O)c1ccc(Cl)cc1Cl)C(=O)N1CCO[C@H](C)C1. The van der Waals surface area contributed by atoms with Crippen LogP contribution in [-0.2, 0) is 9.53 Å². The van der Waals surface area contributed by atoms with Crippen molar-refractivity contribution >= 4 is 35.0 Å². The Bertz CT molecular complexity index is 622. The number of rotatable bonds is 4. The number of ether oxygens (including phenoxy) is 1. The van der Waals surface area contributed by atoms with E-state index in [0.29, 0.717) is 30.3 Å². The van der Waals surface area contributed by atoms with Gasteiger partial charge >= 0.3 is 0 Å². The molecule has 0 bridgehead atoms. The highest BCUT2D eigenvalue weighted by atomic mass is 35.5. The standard InChI is InChI=1S/C17H22Cl2N2O3/c1-10(2)15(17(23)21-6-7-24-11(3)9-21)20-16(22)13-5-4-12(18)8-14(13)19/h4-5,8,10-11,15H,6-7,9H2,1-3H3,(H,20,22)/t11-,15+/m1/s1. The quantitative estimate of drug-likeness (QED) is 0.883. The second kappa shape index (κ2) is 8.19. The second-order valence-electron chi connectivity index (χ2n) is 6.28. The summed E-state index contributed by atoms with van der Waals surface area (Å²) in [6.45, 7) is 7.29. The van der Waals surface area contributed by atoms with E-state index in [0.717, 1.165) is 0 Å². The zero-order valence-electron chi connectivity index (χ0n) is 14.0. The van der Waals surface area contributed by atoms with Gasteiger partial charge in [-0.05, 0) is 31.0 Å². The average Bonchev–Trinajstić information content (AvgIpc) is 2.51. The van der Waals surface area contributed by atoms with Crippen molar-refractivity contribution in [3.63, 3.8) is 0 Å². The molecule has 0 saturated carbocycles. The fraction of sp³-hybridized carbons (Fsp3) is 0.529. The molecule has 1 heterocycles. The Hall–Kier alpha value is -1.30. The van der Waals surface area contributed by atoms with Crippen molar-refractivity contribution in [3.8, 4) is 0 Å². The predicted molar refractivity (Wildman–Crippen MR) is 94.5 cm³/mol. The minimum atomic E-state index is -0.616. The van der Waals surface area contributed by atoms with E-state index in [1.54, 1.807) is 17.0 Å². The highest BCUT2D eigenvalue weighted by molar-refractivity contribution is 6.36. The van der Waals surface area contributed by atoms with Gasteiger partial charge in [0.2, 0.25) is 5.91 Å². The highest BCUT2D eigenvalue weighted by Crippen LogP contribution is 2.21. The molecule has 0 aliphatic carbocycles. The molecule has 7 heteroatoms. The number of amides is 2. The third kappa shape index (κ3) is 4.62. The summed E-state index contributed by atoms with van der Waals surface area (Å²) >= 11 is 11.9. The molecule has 24 heavy (non-hydrogen) atoms. The Morgan fingerprint density at radius 3 is 2.62 bits per heavy atom. The second-order valence-corrected chi connectivity index (χ2v) is 7.13. The van der Waals surface area contributed by atoms with Crippen LogP contribution >= 0.6 is 23.2 Å². The highest BCUT2D eigenvalue weighted by Gasteiger charge is 2.31. The number of hydrogen-bond donors (Lipinski definition) is 1. The summed E-state index contributed by atoms with van der Waals surface area (Å²) in [5, 5.41) is 3.52. The van der Waals surface area contributed by atoms with E-state index >= 15 is 0 Å². The first kappa shape index (κ1) is 19.0. The van der Waals surface area contributed by atoms with Crippen molar-refractivity contribution in [2.75, 3.05) is 19.7 Å². The normalized spacial score (nSPS) is 19.2. The lowest BCUT2D eigenvalue weighted by molar-refractivity contribution is -0.141. The van der Waals surface area contributed by atoms with Crippen molar-refractivity contribution in [1.29, 1.82) is 0 Å². The summed E-state index contributed by atoms with van der Waals surface area (Å²) in [7, 11) is 0. The van der Waals surface area contributed by atoms with Crippen LogP contribution in [0.2, 0.25) is 10.0 Å². The number of hydrogen-bond acceptors (Lipinski definition) is 3. The van der Waals surface area contributed by atoms with Gasteiger partial charge in [0.1, 0.15) is 6.04 Å². The van der Waals surface area contributed by atoms with Gasteiger partial charge in [-0.2, -0.15) is 0 Å². The lowest BCUT2D eigenvalue weighted by Crippen LogP contribution is -2.55. The van der Waals surface area contributed by atoms with Crippen LogP contribution < -0.4 is 5.32 Å². The van der Waals surface area contributed by atoms with Gasteiger partial charge in [0.05, 0.1) is 23.3 Å². The Kier molecular flexibility index (Phi) is 6.49. The van der Waals surface area contributed by atoms with E-state index in [2.05, 4.69) is 5.32 Å². The van der Waals surface area contributed by atoms with E-state index in [9.17, 15) is 9.59 Å². The van der Waals surface area contributed by atoms with Crippen molar-refractivity contribution in [2.24, 2.45) is 5.92 Å². The van der Waals surface area contributed by atoms with Crippen LogP contribution in [0.3, 0.4) is 0 Å². The van der Waals surface area contributed by atoms with Crippen LogP contribution in [-0.4, -0.2) is 48.6 Å². The van der Waals surface area contributed by atoms with E-state index in [1.807, 2.05) is 20.8 Å². The molecular weight excluding hydrogens is 351 g/mol. The van der Waals surface area contributed by atoms with Gasteiger partial charge in [0.15, 0.2) is 0 Å². The third-order valence-electron chi connectivity index (χ3n) is 3.95. The van der Waals surface area contributed by atoms with E-state index in [4.69, 9.17) is 27.9 Å². The van der Waals surface area contributed by atoms with Crippen LogP contribution in [0.4, 0.5) is 0 Å². The van der Waals surface area contributed by atoms with Gasteiger partial charge in [0.25, 0.3) is 5.91 Å². The van der Waals surface area contributed by atoms with Gasteiger partial charge in [-0.15, -0.1) is 0 Å². The Labute approximate surface area is 152 Å².